The summed E-state index contributed by atoms with van der Waals surface area (Å²) in [4.78, 5) is 22.5. The first-order valence-corrected chi connectivity index (χ1v) is 6.35. The number of carbonyl (C=O) groups is 2. The van der Waals surface area contributed by atoms with Crippen molar-refractivity contribution in [1.82, 2.24) is 10.6 Å². The van der Waals surface area contributed by atoms with Gasteiger partial charge in [-0.2, -0.15) is 0 Å². The number of carbonyl (C=O) groups excluding carboxylic acids is 1. The van der Waals surface area contributed by atoms with Gasteiger partial charge in [-0.1, -0.05) is 0 Å². The Labute approximate surface area is 106 Å². The minimum absolute atomic E-state index is 0.0218. The molecule has 2 heterocycles. The van der Waals surface area contributed by atoms with Crippen LogP contribution in [0.4, 0.5) is 0 Å². The van der Waals surface area contributed by atoms with E-state index in [0.29, 0.717) is 6.04 Å². The Hall–Kier alpha value is -1.14. The first-order valence-electron chi connectivity index (χ1n) is 6.35. The van der Waals surface area contributed by atoms with Crippen LogP contribution in [-0.4, -0.2) is 46.3 Å². The van der Waals surface area contributed by atoms with Crippen LogP contribution in [0.2, 0.25) is 0 Å². The van der Waals surface area contributed by atoms with Crippen molar-refractivity contribution < 1.29 is 19.8 Å². The molecule has 6 nitrogen and oxygen atoms in total. The highest BCUT2D eigenvalue weighted by Crippen LogP contribution is 2.33. The number of aliphatic hydroxyl groups is 1. The lowest BCUT2D eigenvalue weighted by atomic mass is 9.88. The third kappa shape index (κ3) is 3.00. The van der Waals surface area contributed by atoms with Crippen LogP contribution in [0.3, 0.4) is 0 Å². The number of amides is 1. The molecule has 4 atom stereocenters. The summed E-state index contributed by atoms with van der Waals surface area (Å²) < 4.78 is 0. The van der Waals surface area contributed by atoms with Gasteiger partial charge in [0.15, 0.2) is 0 Å². The van der Waals surface area contributed by atoms with Gasteiger partial charge >= 0.3 is 5.97 Å². The van der Waals surface area contributed by atoms with Crippen molar-refractivity contribution in [2.24, 2.45) is 5.92 Å². The molecule has 2 bridgehead atoms. The van der Waals surface area contributed by atoms with Crippen LogP contribution in [0.5, 0.6) is 0 Å². The Balaban J connectivity index is 1.80. The van der Waals surface area contributed by atoms with E-state index < -0.39 is 11.6 Å². The fraction of sp³-hybridized carbons (Fsp3) is 0.833. The maximum Gasteiger partial charge on any atom is 0.306 e. The van der Waals surface area contributed by atoms with Crippen molar-refractivity contribution in [3.05, 3.63) is 0 Å². The molecule has 6 heteroatoms. The van der Waals surface area contributed by atoms with E-state index in [1.54, 1.807) is 0 Å². The van der Waals surface area contributed by atoms with Gasteiger partial charge < -0.3 is 20.8 Å². The summed E-state index contributed by atoms with van der Waals surface area (Å²) in [7, 11) is 0. The van der Waals surface area contributed by atoms with E-state index in [1.165, 1.54) is 6.92 Å². The number of hydrogen-bond acceptors (Lipinski definition) is 4. The lowest BCUT2D eigenvalue weighted by Gasteiger charge is -2.24. The van der Waals surface area contributed by atoms with Gasteiger partial charge in [0.1, 0.15) is 0 Å². The van der Waals surface area contributed by atoms with Gasteiger partial charge in [-0.25, -0.2) is 0 Å². The zero-order valence-electron chi connectivity index (χ0n) is 10.5. The summed E-state index contributed by atoms with van der Waals surface area (Å²) in [6.07, 6.45) is 2.62. The quantitative estimate of drug-likeness (QED) is 0.530. The molecule has 2 aliphatic heterocycles. The monoisotopic (exact) mass is 256 g/mol. The van der Waals surface area contributed by atoms with Crippen molar-refractivity contribution in [3.8, 4) is 0 Å². The predicted octanol–water partition coefficient (Wildman–Crippen LogP) is -0.531. The third-order valence-electron chi connectivity index (χ3n) is 3.81. The molecule has 2 fully saturated rings. The molecule has 4 N–H and O–H groups in total. The van der Waals surface area contributed by atoms with Crippen molar-refractivity contribution in [2.75, 3.05) is 6.54 Å². The average Bonchev–Trinajstić information content (AvgIpc) is 2.85. The van der Waals surface area contributed by atoms with Crippen LogP contribution in [0, 0.1) is 5.92 Å². The molecule has 0 spiro atoms. The molecule has 2 aliphatic rings. The molecule has 18 heavy (non-hydrogen) atoms. The number of hydrogen-bond donors (Lipinski definition) is 4. The van der Waals surface area contributed by atoms with Gasteiger partial charge in [0.2, 0.25) is 5.91 Å². The Bertz CT molecular complexity index is 356. The average molecular weight is 256 g/mol. The highest BCUT2D eigenvalue weighted by molar-refractivity contribution is 5.80. The molecule has 102 valence electrons. The highest BCUT2D eigenvalue weighted by Gasteiger charge is 2.43. The first-order chi connectivity index (χ1) is 8.37. The number of aliphatic carboxylic acids is 1. The van der Waals surface area contributed by atoms with Crippen molar-refractivity contribution in [3.63, 3.8) is 0 Å². The van der Waals surface area contributed by atoms with Gasteiger partial charge in [0, 0.05) is 18.6 Å². The molecular formula is C12H20N2O4. The first kappa shape index (κ1) is 13.3. The van der Waals surface area contributed by atoms with Crippen LogP contribution in [0.25, 0.3) is 0 Å². The predicted molar refractivity (Wildman–Crippen MR) is 63.9 cm³/mol. The molecule has 0 aromatic carbocycles. The number of carboxylic acid groups (broad SMARTS) is 1. The summed E-state index contributed by atoms with van der Waals surface area (Å²) in [6, 6.07) is 0.699. The largest absolute Gasteiger partial charge is 0.481 e. The number of carboxylic acids is 1. The Morgan fingerprint density at radius 1 is 1.44 bits per heavy atom. The normalized spacial score (nSPS) is 33.1. The van der Waals surface area contributed by atoms with Crippen molar-refractivity contribution >= 4 is 11.9 Å². The standard InChI is InChI=1S/C12H20N2O4/c1-12(18,5-10(15)16)6-13-11(17)8-4-7-2-3-9(8)14-7/h7-9,14,18H,2-6H2,1H3,(H,13,17)(H,15,16). The molecule has 0 aromatic rings. The second-order valence-corrected chi connectivity index (χ2v) is 5.67. The van der Waals surface area contributed by atoms with Crippen LogP contribution in [-0.2, 0) is 9.59 Å². The SMILES string of the molecule is CC(O)(CNC(=O)C1CC2CCC1N2)CC(=O)O. The van der Waals surface area contributed by atoms with Gasteiger partial charge in [-0.05, 0) is 26.2 Å². The summed E-state index contributed by atoms with van der Waals surface area (Å²) in [6.45, 7) is 1.40. The fourth-order valence-corrected chi connectivity index (χ4v) is 2.91. The third-order valence-corrected chi connectivity index (χ3v) is 3.81. The molecule has 2 rings (SSSR count). The molecule has 2 saturated heterocycles. The summed E-state index contributed by atoms with van der Waals surface area (Å²) in [5, 5.41) is 24.5. The molecule has 0 saturated carbocycles. The Morgan fingerprint density at radius 3 is 2.67 bits per heavy atom. The van der Waals surface area contributed by atoms with Gasteiger partial charge in [0.05, 0.1) is 17.9 Å². The van der Waals surface area contributed by atoms with E-state index in [4.69, 9.17) is 5.11 Å². The lowest BCUT2D eigenvalue weighted by Crippen LogP contribution is -2.46. The van der Waals surface area contributed by atoms with E-state index in [2.05, 4.69) is 10.6 Å². The number of fused-ring (bicyclic) bond motifs is 2. The summed E-state index contributed by atoms with van der Waals surface area (Å²) >= 11 is 0. The summed E-state index contributed by atoms with van der Waals surface area (Å²) in [5.41, 5.74) is -1.40. The van der Waals surface area contributed by atoms with Crippen molar-refractivity contribution in [1.29, 1.82) is 0 Å². The van der Waals surface area contributed by atoms with E-state index >= 15 is 0 Å². The second kappa shape index (κ2) is 4.85. The van der Waals surface area contributed by atoms with E-state index in [0.717, 1.165) is 19.3 Å². The van der Waals surface area contributed by atoms with Gasteiger partial charge in [-0.3, -0.25) is 9.59 Å². The molecular weight excluding hydrogens is 236 g/mol. The van der Waals surface area contributed by atoms with E-state index in [1.807, 2.05) is 0 Å². The van der Waals surface area contributed by atoms with Crippen LogP contribution >= 0.6 is 0 Å². The molecule has 0 aliphatic carbocycles. The highest BCUT2D eigenvalue weighted by atomic mass is 16.4. The van der Waals surface area contributed by atoms with Crippen LogP contribution in [0.15, 0.2) is 0 Å². The smallest absolute Gasteiger partial charge is 0.306 e. The minimum Gasteiger partial charge on any atom is -0.481 e. The molecule has 1 amide bonds. The molecule has 0 radical (unpaired) electrons. The zero-order chi connectivity index (χ0) is 13.3. The fourth-order valence-electron chi connectivity index (χ4n) is 2.91. The topological polar surface area (TPSA) is 98.7 Å². The van der Waals surface area contributed by atoms with Crippen LogP contribution < -0.4 is 10.6 Å². The maximum atomic E-state index is 12.0. The minimum atomic E-state index is -1.40. The van der Waals surface area contributed by atoms with E-state index in [9.17, 15) is 14.7 Å². The molecule has 4 unspecified atom stereocenters. The zero-order valence-corrected chi connectivity index (χ0v) is 10.5. The second-order valence-electron chi connectivity index (χ2n) is 5.67. The van der Waals surface area contributed by atoms with Crippen LogP contribution in [0.1, 0.15) is 32.6 Å². The van der Waals surface area contributed by atoms with Crippen molar-refractivity contribution in [2.45, 2.75) is 50.3 Å². The van der Waals surface area contributed by atoms with Gasteiger partial charge in [-0.15, -0.1) is 0 Å². The van der Waals surface area contributed by atoms with E-state index in [-0.39, 0.29) is 30.8 Å². The number of rotatable bonds is 5. The lowest BCUT2D eigenvalue weighted by molar-refractivity contribution is -0.142. The maximum absolute atomic E-state index is 12.0. The number of nitrogens with one attached hydrogen (secondary N) is 2. The Morgan fingerprint density at radius 2 is 2.17 bits per heavy atom. The molecule has 0 aromatic heterocycles. The Kier molecular flexibility index (Phi) is 3.59. The summed E-state index contributed by atoms with van der Waals surface area (Å²) in [5.74, 6) is -1.19. The van der Waals surface area contributed by atoms with Gasteiger partial charge in [0.25, 0.3) is 0 Å².